The zero-order chi connectivity index (χ0) is 15.2. The zero-order valence-corrected chi connectivity index (χ0v) is 13.7. The summed E-state index contributed by atoms with van der Waals surface area (Å²) in [6.45, 7) is 10.6. The fourth-order valence-electron chi connectivity index (χ4n) is 3.00. The minimum absolute atomic E-state index is 0.362. The fraction of sp³-hybridized carbons (Fsp3) is 0.500. The first-order valence-corrected chi connectivity index (χ1v) is 7.94. The summed E-state index contributed by atoms with van der Waals surface area (Å²) in [6.07, 6.45) is 2.29. The van der Waals surface area contributed by atoms with E-state index in [0.717, 1.165) is 31.6 Å². The van der Waals surface area contributed by atoms with Gasteiger partial charge in [0.15, 0.2) is 0 Å². The number of nitrogens with one attached hydrogen (secondary N) is 1. The molecule has 2 rings (SSSR count). The van der Waals surface area contributed by atoms with Gasteiger partial charge in [0, 0.05) is 23.8 Å². The first-order valence-electron chi connectivity index (χ1n) is 7.94. The second kappa shape index (κ2) is 7.41. The van der Waals surface area contributed by atoms with E-state index in [0.29, 0.717) is 6.04 Å². The molecule has 0 bridgehead atoms. The van der Waals surface area contributed by atoms with Gasteiger partial charge in [-0.3, -0.25) is 4.68 Å². The zero-order valence-electron chi connectivity index (χ0n) is 13.7. The third kappa shape index (κ3) is 3.94. The average molecular weight is 285 g/mol. The Hall–Kier alpha value is -1.61. The van der Waals surface area contributed by atoms with Gasteiger partial charge in [-0.25, -0.2) is 0 Å². The molecule has 0 aliphatic carbocycles. The molecule has 0 radical (unpaired) electrons. The molecule has 3 heteroatoms. The first kappa shape index (κ1) is 15.8. The number of rotatable bonds is 7. The highest BCUT2D eigenvalue weighted by molar-refractivity contribution is 5.27. The van der Waals surface area contributed by atoms with Crippen LogP contribution in [-0.4, -0.2) is 16.3 Å². The average Bonchev–Trinajstić information content (AvgIpc) is 2.79. The molecule has 1 aromatic carbocycles. The summed E-state index contributed by atoms with van der Waals surface area (Å²) in [7, 11) is 0. The van der Waals surface area contributed by atoms with Crippen LogP contribution in [-0.2, 0) is 13.0 Å². The number of aromatic nitrogens is 2. The van der Waals surface area contributed by atoms with Crippen molar-refractivity contribution in [2.75, 3.05) is 6.54 Å². The Morgan fingerprint density at radius 2 is 1.90 bits per heavy atom. The summed E-state index contributed by atoms with van der Waals surface area (Å²) in [4.78, 5) is 0. The maximum absolute atomic E-state index is 4.60. The minimum atomic E-state index is 0.362. The van der Waals surface area contributed by atoms with Crippen LogP contribution in [0.3, 0.4) is 0 Å². The summed E-state index contributed by atoms with van der Waals surface area (Å²) >= 11 is 0. The van der Waals surface area contributed by atoms with Gasteiger partial charge in [-0.2, -0.15) is 5.10 Å². The normalized spacial score (nSPS) is 12.6. The summed E-state index contributed by atoms with van der Waals surface area (Å²) in [6, 6.07) is 11.0. The van der Waals surface area contributed by atoms with Gasteiger partial charge in [0.1, 0.15) is 0 Å². The molecule has 0 spiro atoms. The topological polar surface area (TPSA) is 29.9 Å². The Balaban J connectivity index is 1.85. The van der Waals surface area contributed by atoms with E-state index in [-0.39, 0.29) is 0 Å². The maximum Gasteiger partial charge on any atom is 0.0644 e. The van der Waals surface area contributed by atoms with Crippen molar-refractivity contribution < 1.29 is 0 Å². The summed E-state index contributed by atoms with van der Waals surface area (Å²) in [5.74, 6) is 0. The second-order valence-electron chi connectivity index (χ2n) is 5.67. The molecule has 1 heterocycles. The number of nitrogens with zero attached hydrogens (tertiary/aromatic N) is 2. The standard InChI is InChI=1S/C18H27N3/c1-5-21-16(4)18(15(3)20-21)14(2)19-13-9-12-17-10-7-6-8-11-17/h6-8,10-11,14,19H,5,9,12-13H2,1-4H3. The van der Waals surface area contributed by atoms with Crippen LogP contribution in [0.15, 0.2) is 30.3 Å². The molecular formula is C18H27N3. The quantitative estimate of drug-likeness (QED) is 0.784. The van der Waals surface area contributed by atoms with Crippen molar-refractivity contribution in [1.82, 2.24) is 15.1 Å². The van der Waals surface area contributed by atoms with Crippen LogP contribution in [0.5, 0.6) is 0 Å². The third-order valence-electron chi connectivity index (χ3n) is 4.11. The van der Waals surface area contributed by atoms with Crippen molar-refractivity contribution in [3.05, 3.63) is 52.8 Å². The Morgan fingerprint density at radius 3 is 2.52 bits per heavy atom. The van der Waals surface area contributed by atoms with Gasteiger partial charge in [-0.1, -0.05) is 30.3 Å². The molecular weight excluding hydrogens is 258 g/mol. The van der Waals surface area contributed by atoms with E-state index in [9.17, 15) is 0 Å². The van der Waals surface area contributed by atoms with Crippen LogP contribution in [0.2, 0.25) is 0 Å². The van der Waals surface area contributed by atoms with E-state index in [4.69, 9.17) is 0 Å². The van der Waals surface area contributed by atoms with Crippen molar-refractivity contribution in [2.24, 2.45) is 0 Å². The van der Waals surface area contributed by atoms with Gasteiger partial charge in [-0.15, -0.1) is 0 Å². The number of benzene rings is 1. The molecule has 3 nitrogen and oxygen atoms in total. The first-order chi connectivity index (χ1) is 10.1. The molecule has 1 unspecified atom stereocenters. The van der Waals surface area contributed by atoms with E-state index in [1.807, 2.05) is 0 Å². The van der Waals surface area contributed by atoms with Gasteiger partial charge in [0.2, 0.25) is 0 Å². The van der Waals surface area contributed by atoms with Crippen molar-refractivity contribution in [3.8, 4) is 0 Å². The molecule has 2 aromatic rings. The molecule has 0 aliphatic heterocycles. The van der Waals surface area contributed by atoms with E-state index in [1.54, 1.807) is 0 Å². The third-order valence-corrected chi connectivity index (χ3v) is 4.11. The molecule has 0 aliphatic rings. The molecule has 0 amide bonds. The predicted molar refractivity (Wildman–Crippen MR) is 88.6 cm³/mol. The summed E-state index contributed by atoms with van der Waals surface area (Å²) in [5, 5.41) is 8.24. The molecule has 0 saturated heterocycles. The lowest BCUT2D eigenvalue weighted by Crippen LogP contribution is -2.21. The lowest BCUT2D eigenvalue weighted by molar-refractivity contribution is 0.552. The maximum atomic E-state index is 4.60. The van der Waals surface area contributed by atoms with Crippen molar-refractivity contribution in [1.29, 1.82) is 0 Å². The molecule has 0 saturated carbocycles. The van der Waals surface area contributed by atoms with E-state index in [2.05, 4.69) is 73.1 Å². The van der Waals surface area contributed by atoms with Crippen LogP contribution in [0.1, 0.15) is 48.8 Å². The summed E-state index contributed by atoms with van der Waals surface area (Å²) < 4.78 is 2.09. The summed E-state index contributed by atoms with van der Waals surface area (Å²) in [5.41, 5.74) is 5.21. The molecule has 114 valence electrons. The Labute approximate surface area is 128 Å². The largest absolute Gasteiger partial charge is 0.310 e. The Bertz CT molecular complexity index is 557. The van der Waals surface area contributed by atoms with E-state index in [1.165, 1.54) is 16.8 Å². The number of aryl methyl sites for hydroxylation is 3. The van der Waals surface area contributed by atoms with E-state index >= 15 is 0 Å². The van der Waals surface area contributed by atoms with Crippen LogP contribution >= 0.6 is 0 Å². The Kier molecular flexibility index (Phi) is 5.57. The smallest absolute Gasteiger partial charge is 0.0644 e. The van der Waals surface area contributed by atoms with Crippen LogP contribution in [0.4, 0.5) is 0 Å². The highest BCUT2D eigenvalue weighted by atomic mass is 15.3. The van der Waals surface area contributed by atoms with Gasteiger partial charge >= 0.3 is 0 Å². The van der Waals surface area contributed by atoms with Crippen molar-refractivity contribution in [3.63, 3.8) is 0 Å². The van der Waals surface area contributed by atoms with Crippen molar-refractivity contribution >= 4 is 0 Å². The van der Waals surface area contributed by atoms with Crippen molar-refractivity contribution in [2.45, 2.75) is 53.1 Å². The Morgan fingerprint density at radius 1 is 1.19 bits per heavy atom. The van der Waals surface area contributed by atoms with E-state index < -0.39 is 0 Å². The van der Waals surface area contributed by atoms with Crippen LogP contribution in [0.25, 0.3) is 0 Å². The molecule has 21 heavy (non-hydrogen) atoms. The van der Waals surface area contributed by atoms with Crippen LogP contribution < -0.4 is 5.32 Å². The monoisotopic (exact) mass is 285 g/mol. The van der Waals surface area contributed by atoms with Gasteiger partial charge in [-0.05, 0) is 52.6 Å². The number of hydrogen-bond donors (Lipinski definition) is 1. The van der Waals surface area contributed by atoms with Gasteiger partial charge < -0.3 is 5.32 Å². The predicted octanol–water partition coefficient (Wildman–Crippen LogP) is 3.80. The number of hydrogen-bond acceptors (Lipinski definition) is 2. The molecule has 0 fully saturated rings. The second-order valence-corrected chi connectivity index (χ2v) is 5.67. The lowest BCUT2D eigenvalue weighted by Gasteiger charge is -2.15. The van der Waals surface area contributed by atoms with Gasteiger partial charge in [0.25, 0.3) is 0 Å². The highest BCUT2D eigenvalue weighted by Crippen LogP contribution is 2.21. The molecule has 1 N–H and O–H groups in total. The SMILES string of the molecule is CCn1nc(C)c(C(C)NCCCc2ccccc2)c1C. The molecule has 1 aromatic heterocycles. The lowest BCUT2D eigenvalue weighted by atomic mass is 10.1. The molecule has 1 atom stereocenters. The minimum Gasteiger partial charge on any atom is -0.310 e. The van der Waals surface area contributed by atoms with Crippen LogP contribution in [0, 0.1) is 13.8 Å². The fourth-order valence-corrected chi connectivity index (χ4v) is 3.00. The highest BCUT2D eigenvalue weighted by Gasteiger charge is 2.16. The van der Waals surface area contributed by atoms with Gasteiger partial charge in [0.05, 0.1) is 5.69 Å².